The first-order valence-corrected chi connectivity index (χ1v) is 11.6. The van der Waals surface area contributed by atoms with E-state index in [1.165, 1.54) is 11.8 Å². The molecule has 0 radical (unpaired) electrons. The molecule has 1 N–H and O–H groups in total. The number of hydrogen-bond acceptors (Lipinski definition) is 5. The Hall–Kier alpha value is -2.22. The van der Waals surface area contributed by atoms with E-state index in [-0.39, 0.29) is 18.2 Å². The molecule has 0 aliphatic carbocycles. The Morgan fingerprint density at radius 3 is 2.55 bits per heavy atom. The van der Waals surface area contributed by atoms with Crippen molar-refractivity contribution in [2.24, 2.45) is 0 Å². The van der Waals surface area contributed by atoms with Gasteiger partial charge in [0.15, 0.2) is 6.61 Å². The minimum Gasteiger partial charge on any atom is -0.452 e. The first kappa shape index (κ1) is 23.4. The van der Waals surface area contributed by atoms with Crippen LogP contribution in [-0.4, -0.2) is 48.1 Å². The molecule has 31 heavy (non-hydrogen) atoms. The SMILES string of the molecule is O=C(COC(=O)c1ccccc1SCC(=O)N1CCCC1)NCc1ccc(Cl)cc1Cl. The third kappa shape index (κ3) is 6.89. The summed E-state index contributed by atoms with van der Waals surface area (Å²) in [5, 5.41) is 3.60. The number of hydrogen-bond donors (Lipinski definition) is 1. The summed E-state index contributed by atoms with van der Waals surface area (Å²) in [7, 11) is 0. The number of carbonyl (C=O) groups is 3. The lowest BCUT2D eigenvalue weighted by atomic mass is 10.2. The number of rotatable bonds is 8. The molecule has 1 fully saturated rings. The van der Waals surface area contributed by atoms with E-state index in [1.807, 2.05) is 4.90 Å². The van der Waals surface area contributed by atoms with Gasteiger partial charge in [0.25, 0.3) is 5.91 Å². The van der Waals surface area contributed by atoms with Crippen LogP contribution in [0.25, 0.3) is 0 Å². The summed E-state index contributed by atoms with van der Waals surface area (Å²) in [5.74, 6) is -0.747. The van der Waals surface area contributed by atoms with Crippen LogP contribution < -0.4 is 5.32 Å². The number of thioether (sulfide) groups is 1. The van der Waals surface area contributed by atoms with Gasteiger partial charge in [0.1, 0.15) is 0 Å². The standard InChI is InChI=1S/C22H22Cl2N2O4S/c23-16-8-7-15(18(24)11-16)12-25-20(27)13-30-22(29)17-5-1-2-6-19(17)31-14-21(28)26-9-3-4-10-26/h1-2,5-8,11H,3-4,9-10,12-14H2,(H,25,27). The third-order valence-corrected chi connectivity index (χ3v) is 6.39. The van der Waals surface area contributed by atoms with Crippen LogP contribution in [0.1, 0.15) is 28.8 Å². The van der Waals surface area contributed by atoms with Crippen LogP contribution in [0, 0.1) is 0 Å². The van der Waals surface area contributed by atoms with Gasteiger partial charge in [-0.3, -0.25) is 9.59 Å². The number of nitrogens with one attached hydrogen (secondary N) is 1. The molecule has 2 amide bonds. The number of esters is 1. The highest BCUT2D eigenvalue weighted by Crippen LogP contribution is 2.24. The number of amides is 2. The first-order chi connectivity index (χ1) is 14.9. The van der Waals surface area contributed by atoms with Gasteiger partial charge < -0.3 is 15.0 Å². The fourth-order valence-corrected chi connectivity index (χ4v) is 4.50. The second-order valence-corrected chi connectivity index (χ2v) is 8.82. The van der Waals surface area contributed by atoms with Gasteiger partial charge in [-0.15, -0.1) is 11.8 Å². The number of likely N-dealkylation sites (tertiary alicyclic amines) is 1. The van der Waals surface area contributed by atoms with Gasteiger partial charge >= 0.3 is 5.97 Å². The minimum absolute atomic E-state index is 0.0610. The summed E-state index contributed by atoms with van der Waals surface area (Å²) in [6, 6.07) is 11.9. The molecule has 0 saturated carbocycles. The molecule has 0 atom stereocenters. The van der Waals surface area contributed by atoms with Crippen molar-refractivity contribution in [3.63, 3.8) is 0 Å². The number of benzene rings is 2. The van der Waals surface area contributed by atoms with Gasteiger partial charge in [0.2, 0.25) is 5.91 Å². The molecule has 0 bridgehead atoms. The van der Waals surface area contributed by atoms with Gasteiger partial charge in [0.05, 0.1) is 11.3 Å². The van der Waals surface area contributed by atoms with Crippen molar-refractivity contribution >= 4 is 52.7 Å². The Kier molecular flexibility index (Phi) is 8.63. The summed E-state index contributed by atoms with van der Waals surface area (Å²) in [6.45, 7) is 1.35. The van der Waals surface area contributed by atoms with Crippen molar-refractivity contribution in [1.29, 1.82) is 0 Å². The summed E-state index contributed by atoms with van der Waals surface area (Å²) in [6.07, 6.45) is 2.07. The van der Waals surface area contributed by atoms with Gasteiger partial charge in [-0.05, 0) is 42.7 Å². The summed E-state index contributed by atoms with van der Waals surface area (Å²) in [4.78, 5) is 39.3. The molecule has 164 valence electrons. The van der Waals surface area contributed by atoms with E-state index in [9.17, 15) is 14.4 Å². The lowest BCUT2D eigenvalue weighted by Gasteiger charge is -2.15. The monoisotopic (exact) mass is 480 g/mol. The van der Waals surface area contributed by atoms with Crippen LogP contribution in [0.15, 0.2) is 47.4 Å². The largest absolute Gasteiger partial charge is 0.452 e. The maximum absolute atomic E-state index is 12.5. The van der Waals surface area contributed by atoms with Crippen molar-refractivity contribution in [1.82, 2.24) is 10.2 Å². The van der Waals surface area contributed by atoms with Crippen LogP contribution in [0.2, 0.25) is 10.0 Å². The third-order valence-electron chi connectivity index (χ3n) is 4.74. The topological polar surface area (TPSA) is 75.7 Å². The molecule has 0 aromatic heterocycles. The van der Waals surface area contributed by atoms with Crippen molar-refractivity contribution in [2.45, 2.75) is 24.3 Å². The normalized spacial score (nSPS) is 13.2. The molecule has 3 rings (SSSR count). The van der Waals surface area contributed by atoms with Crippen LogP contribution >= 0.6 is 35.0 Å². The zero-order valence-corrected chi connectivity index (χ0v) is 19.1. The highest BCUT2D eigenvalue weighted by molar-refractivity contribution is 8.00. The Labute approximate surface area is 195 Å². The van der Waals surface area contributed by atoms with E-state index in [2.05, 4.69) is 5.32 Å². The molecule has 1 aliphatic heterocycles. The van der Waals surface area contributed by atoms with Gasteiger partial charge in [-0.2, -0.15) is 0 Å². The van der Waals surface area contributed by atoms with Gasteiger partial charge in [-0.25, -0.2) is 4.79 Å². The van der Waals surface area contributed by atoms with E-state index in [0.29, 0.717) is 26.1 Å². The maximum Gasteiger partial charge on any atom is 0.339 e. The van der Waals surface area contributed by atoms with Crippen molar-refractivity contribution in [3.05, 3.63) is 63.6 Å². The highest BCUT2D eigenvalue weighted by Gasteiger charge is 2.20. The zero-order valence-electron chi connectivity index (χ0n) is 16.7. The molecule has 2 aromatic carbocycles. The second kappa shape index (κ2) is 11.4. The quantitative estimate of drug-likeness (QED) is 0.452. The Morgan fingerprint density at radius 1 is 1.06 bits per heavy atom. The Bertz CT molecular complexity index is 964. The van der Waals surface area contributed by atoms with E-state index < -0.39 is 18.5 Å². The van der Waals surface area contributed by atoms with Gasteiger partial charge in [-0.1, -0.05) is 41.4 Å². The van der Waals surface area contributed by atoms with E-state index in [1.54, 1.807) is 42.5 Å². The molecule has 1 aliphatic rings. The minimum atomic E-state index is -0.614. The highest BCUT2D eigenvalue weighted by atomic mass is 35.5. The zero-order chi connectivity index (χ0) is 22.2. The molecule has 1 saturated heterocycles. The molecule has 9 heteroatoms. The average molecular weight is 481 g/mol. The number of ether oxygens (including phenoxy) is 1. The van der Waals surface area contributed by atoms with E-state index in [0.717, 1.165) is 25.9 Å². The lowest BCUT2D eigenvalue weighted by Crippen LogP contribution is -2.29. The molecule has 2 aromatic rings. The van der Waals surface area contributed by atoms with E-state index >= 15 is 0 Å². The summed E-state index contributed by atoms with van der Waals surface area (Å²) >= 11 is 13.2. The van der Waals surface area contributed by atoms with Crippen LogP contribution in [0.4, 0.5) is 0 Å². The predicted molar refractivity (Wildman–Crippen MR) is 122 cm³/mol. The van der Waals surface area contributed by atoms with Crippen LogP contribution in [0.3, 0.4) is 0 Å². The van der Waals surface area contributed by atoms with Gasteiger partial charge in [0, 0.05) is 34.6 Å². The molecular formula is C22H22Cl2N2O4S. The van der Waals surface area contributed by atoms with Crippen LogP contribution in [-0.2, 0) is 20.9 Å². The van der Waals surface area contributed by atoms with Crippen molar-refractivity contribution < 1.29 is 19.1 Å². The predicted octanol–water partition coefficient (Wildman–Crippen LogP) is 4.18. The first-order valence-electron chi connectivity index (χ1n) is 9.81. The Morgan fingerprint density at radius 2 is 1.81 bits per heavy atom. The molecule has 1 heterocycles. The lowest BCUT2D eigenvalue weighted by molar-refractivity contribution is -0.127. The molecule has 0 unspecified atom stereocenters. The fraction of sp³-hybridized carbons (Fsp3) is 0.318. The van der Waals surface area contributed by atoms with Crippen molar-refractivity contribution in [3.8, 4) is 0 Å². The summed E-state index contributed by atoms with van der Waals surface area (Å²) in [5.41, 5.74) is 1.03. The Balaban J connectivity index is 1.49. The molecule has 0 spiro atoms. The fourth-order valence-electron chi connectivity index (χ4n) is 3.08. The smallest absolute Gasteiger partial charge is 0.339 e. The second-order valence-electron chi connectivity index (χ2n) is 6.96. The molecular weight excluding hydrogens is 459 g/mol. The van der Waals surface area contributed by atoms with Crippen molar-refractivity contribution in [2.75, 3.05) is 25.4 Å². The summed E-state index contributed by atoms with van der Waals surface area (Å²) < 4.78 is 5.16. The number of nitrogens with zero attached hydrogens (tertiary/aromatic N) is 1. The number of halogens is 2. The van der Waals surface area contributed by atoms with Crippen LogP contribution in [0.5, 0.6) is 0 Å². The van der Waals surface area contributed by atoms with E-state index in [4.69, 9.17) is 27.9 Å². The maximum atomic E-state index is 12.5. The number of carbonyl (C=O) groups excluding carboxylic acids is 3. The molecule has 6 nitrogen and oxygen atoms in total. The average Bonchev–Trinajstić information content (AvgIpc) is 3.30.